The lowest BCUT2D eigenvalue weighted by molar-refractivity contribution is 0.209. The van der Waals surface area contributed by atoms with Crippen molar-refractivity contribution in [2.45, 2.75) is 31.8 Å². The lowest BCUT2D eigenvalue weighted by atomic mass is 9.92. The van der Waals surface area contributed by atoms with Crippen LogP contribution >= 0.6 is 0 Å². The normalized spacial score (nSPS) is 16.5. The lowest BCUT2D eigenvalue weighted by Crippen LogP contribution is -2.36. The first-order valence-electron chi connectivity index (χ1n) is 8.88. The molecule has 2 aromatic heterocycles. The lowest BCUT2D eigenvalue weighted by Gasteiger charge is -2.30. The van der Waals surface area contributed by atoms with Crippen LogP contribution in [-0.4, -0.2) is 37.9 Å². The number of aromatic nitrogens is 3. The fraction of sp³-hybridized carbons (Fsp3) is 0.300. The van der Waals surface area contributed by atoms with Crippen molar-refractivity contribution in [3.8, 4) is 11.7 Å². The fourth-order valence-electron chi connectivity index (χ4n) is 3.60. The number of aromatic hydroxyl groups is 1. The number of rotatable bonds is 4. The number of pyridine rings is 1. The molecule has 1 aliphatic rings. The molecule has 0 saturated carbocycles. The van der Waals surface area contributed by atoms with Crippen molar-refractivity contribution < 1.29 is 13.9 Å². The van der Waals surface area contributed by atoms with Gasteiger partial charge in [-0.2, -0.15) is 9.78 Å². The van der Waals surface area contributed by atoms with E-state index in [1.54, 1.807) is 12.3 Å². The van der Waals surface area contributed by atoms with E-state index in [9.17, 15) is 13.9 Å². The van der Waals surface area contributed by atoms with Gasteiger partial charge in [0.25, 0.3) is 0 Å². The minimum Gasteiger partial charge on any atom is -0.493 e. The van der Waals surface area contributed by atoms with Crippen LogP contribution in [0.4, 0.5) is 8.78 Å². The number of fused-ring (bicyclic) bond motifs is 1. The first-order valence-corrected chi connectivity index (χ1v) is 8.88. The molecule has 0 saturated heterocycles. The predicted molar refractivity (Wildman–Crippen MR) is 96.7 cm³/mol. The Bertz CT molecular complexity index is 958. The predicted octanol–water partition coefficient (Wildman–Crippen LogP) is 3.24. The van der Waals surface area contributed by atoms with Gasteiger partial charge < -0.3 is 5.11 Å². The number of hydrogen-bond donors (Lipinski definition) is 1. The van der Waals surface area contributed by atoms with Crippen LogP contribution in [0.5, 0.6) is 5.88 Å². The maximum absolute atomic E-state index is 13.9. The molecule has 140 valence electrons. The summed E-state index contributed by atoms with van der Waals surface area (Å²) in [6.07, 6.45) is 3.85. The largest absolute Gasteiger partial charge is 0.493 e. The third-order valence-corrected chi connectivity index (χ3v) is 5.12. The van der Waals surface area contributed by atoms with Crippen molar-refractivity contribution in [1.82, 2.24) is 19.7 Å². The third kappa shape index (κ3) is 3.42. The molecule has 0 amide bonds. The summed E-state index contributed by atoms with van der Waals surface area (Å²) in [6.45, 7) is 0.376. The summed E-state index contributed by atoms with van der Waals surface area (Å²) in [6, 6.07) is 9.23. The van der Waals surface area contributed by atoms with Crippen LogP contribution in [0, 0.1) is 11.6 Å². The smallest absolute Gasteiger partial charge is 0.219 e. The molecule has 1 aliphatic carbocycles. The Morgan fingerprint density at radius 1 is 1.26 bits per heavy atom. The molecule has 0 spiro atoms. The van der Waals surface area contributed by atoms with Gasteiger partial charge in [-0.05, 0) is 44.5 Å². The maximum Gasteiger partial charge on any atom is 0.219 e. The van der Waals surface area contributed by atoms with Gasteiger partial charge in [0.2, 0.25) is 5.88 Å². The van der Waals surface area contributed by atoms with E-state index in [2.05, 4.69) is 10.1 Å². The summed E-state index contributed by atoms with van der Waals surface area (Å²) in [4.78, 5) is 6.28. The Morgan fingerprint density at radius 3 is 2.85 bits per heavy atom. The molecular weight excluding hydrogens is 350 g/mol. The van der Waals surface area contributed by atoms with Gasteiger partial charge >= 0.3 is 0 Å². The SMILES string of the molecule is CN(Cc1ccc(F)cc1F)C1CCc2nn(-c3ccccn3)c(O)c2C1. The summed E-state index contributed by atoms with van der Waals surface area (Å²) >= 11 is 0. The van der Waals surface area contributed by atoms with Crippen molar-refractivity contribution in [2.75, 3.05) is 7.05 Å². The molecule has 1 aromatic carbocycles. The summed E-state index contributed by atoms with van der Waals surface area (Å²) in [5, 5.41) is 15.1. The van der Waals surface area contributed by atoms with Gasteiger partial charge in [0.15, 0.2) is 5.82 Å². The van der Waals surface area contributed by atoms with Crippen LogP contribution in [0.25, 0.3) is 5.82 Å². The molecule has 0 radical (unpaired) electrons. The Labute approximate surface area is 155 Å². The van der Waals surface area contributed by atoms with Gasteiger partial charge in [-0.3, -0.25) is 4.90 Å². The Kier molecular flexibility index (Phi) is 4.61. The third-order valence-electron chi connectivity index (χ3n) is 5.12. The van der Waals surface area contributed by atoms with Gasteiger partial charge in [-0.1, -0.05) is 12.1 Å². The van der Waals surface area contributed by atoms with E-state index >= 15 is 0 Å². The molecule has 1 atom stereocenters. The van der Waals surface area contributed by atoms with E-state index in [1.807, 2.05) is 24.1 Å². The van der Waals surface area contributed by atoms with E-state index in [0.29, 0.717) is 24.3 Å². The zero-order chi connectivity index (χ0) is 19.0. The number of aryl methyl sites for hydroxylation is 1. The first-order chi connectivity index (χ1) is 13.0. The van der Waals surface area contributed by atoms with Gasteiger partial charge in [0.05, 0.1) is 5.69 Å². The van der Waals surface area contributed by atoms with E-state index in [1.165, 1.54) is 16.8 Å². The zero-order valence-electron chi connectivity index (χ0n) is 14.9. The highest BCUT2D eigenvalue weighted by Crippen LogP contribution is 2.32. The second-order valence-electron chi connectivity index (χ2n) is 6.90. The van der Waals surface area contributed by atoms with Crippen molar-refractivity contribution in [3.05, 3.63) is 71.1 Å². The van der Waals surface area contributed by atoms with Gasteiger partial charge in [0.1, 0.15) is 11.6 Å². The Hall–Kier alpha value is -2.80. The van der Waals surface area contributed by atoms with Crippen LogP contribution in [0.2, 0.25) is 0 Å². The maximum atomic E-state index is 13.9. The van der Waals surface area contributed by atoms with Gasteiger partial charge in [-0.25, -0.2) is 13.8 Å². The van der Waals surface area contributed by atoms with Crippen molar-refractivity contribution >= 4 is 0 Å². The summed E-state index contributed by atoms with van der Waals surface area (Å²) in [7, 11) is 1.92. The second kappa shape index (κ2) is 7.08. The highest BCUT2D eigenvalue weighted by molar-refractivity contribution is 5.39. The van der Waals surface area contributed by atoms with Gasteiger partial charge in [-0.15, -0.1) is 0 Å². The van der Waals surface area contributed by atoms with Gasteiger partial charge in [0, 0.05) is 36.0 Å². The number of benzene rings is 1. The quantitative estimate of drug-likeness (QED) is 0.766. The molecule has 4 rings (SSSR count). The summed E-state index contributed by atoms with van der Waals surface area (Å²) in [5.74, 6) is -0.435. The fourth-order valence-corrected chi connectivity index (χ4v) is 3.60. The monoisotopic (exact) mass is 370 g/mol. The molecule has 0 fully saturated rings. The van der Waals surface area contributed by atoms with E-state index < -0.39 is 11.6 Å². The minimum atomic E-state index is -0.576. The van der Waals surface area contributed by atoms with E-state index in [4.69, 9.17) is 0 Å². The topological polar surface area (TPSA) is 54.2 Å². The van der Waals surface area contributed by atoms with Crippen LogP contribution in [0.1, 0.15) is 23.2 Å². The van der Waals surface area contributed by atoms with Crippen molar-refractivity contribution in [3.63, 3.8) is 0 Å². The minimum absolute atomic E-state index is 0.106. The summed E-state index contributed by atoms with van der Waals surface area (Å²) < 4.78 is 28.5. The molecule has 0 aliphatic heterocycles. The molecule has 27 heavy (non-hydrogen) atoms. The average molecular weight is 370 g/mol. The number of hydrogen-bond acceptors (Lipinski definition) is 4. The first kappa shape index (κ1) is 17.6. The second-order valence-corrected chi connectivity index (χ2v) is 6.90. The zero-order valence-corrected chi connectivity index (χ0v) is 14.9. The molecule has 7 heteroatoms. The molecule has 2 heterocycles. The Balaban J connectivity index is 1.53. The van der Waals surface area contributed by atoms with Crippen LogP contribution in [0.3, 0.4) is 0 Å². The van der Waals surface area contributed by atoms with Crippen molar-refractivity contribution in [2.24, 2.45) is 0 Å². The number of nitrogens with zero attached hydrogens (tertiary/aromatic N) is 4. The standard InChI is InChI=1S/C20H20F2N4O/c1-25(12-13-5-6-14(21)10-17(13)22)15-7-8-18-16(11-15)20(27)26(24-18)19-4-2-3-9-23-19/h2-6,9-10,15,27H,7-8,11-12H2,1H3. The van der Waals surface area contributed by atoms with Crippen LogP contribution in [0.15, 0.2) is 42.6 Å². The highest BCUT2D eigenvalue weighted by Gasteiger charge is 2.29. The molecule has 1 N–H and O–H groups in total. The number of halogens is 2. The molecule has 3 aromatic rings. The number of likely N-dealkylation sites (N-methyl/N-ethyl adjacent to an activating group) is 1. The molecule has 5 nitrogen and oxygen atoms in total. The van der Waals surface area contributed by atoms with E-state index in [-0.39, 0.29) is 11.9 Å². The van der Waals surface area contributed by atoms with Crippen LogP contribution in [-0.2, 0) is 19.4 Å². The van der Waals surface area contributed by atoms with E-state index in [0.717, 1.165) is 30.2 Å². The average Bonchev–Trinajstić information content (AvgIpc) is 3.01. The molecule has 0 bridgehead atoms. The molecule has 1 unspecified atom stereocenters. The van der Waals surface area contributed by atoms with Crippen molar-refractivity contribution in [1.29, 1.82) is 0 Å². The van der Waals surface area contributed by atoms with Crippen LogP contribution < -0.4 is 0 Å². The molecular formula is C20H20F2N4O. The Morgan fingerprint density at radius 2 is 2.11 bits per heavy atom. The summed E-state index contributed by atoms with van der Waals surface area (Å²) in [5.41, 5.74) is 2.14. The highest BCUT2D eigenvalue weighted by atomic mass is 19.1.